The van der Waals surface area contributed by atoms with Gasteiger partial charge in [-0.25, -0.2) is 0 Å². The van der Waals surface area contributed by atoms with Crippen molar-refractivity contribution >= 4 is 23.2 Å². The third-order valence-electron chi connectivity index (χ3n) is 6.73. The molecule has 190 valence electrons. The van der Waals surface area contributed by atoms with Crippen LogP contribution in [0.3, 0.4) is 0 Å². The van der Waals surface area contributed by atoms with Crippen LogP contribution < -0.4 is 4.74 Å². The highest BCUT2D eigenvalue weighted by molar-refractivity contribution is 7.10. The number of carbonyl (C=O) groups excluding carboxylic acids is 2. The number of rotatable bonds is 7. The highest BCUT2D eigenvalue weighted by Crippen LogP contribution is 2.38. The van der Waals surface area contributed by atoms with Crippen LogP contribution in [0.15, 0.2) is 66.0 Å². The fourth-order valence-electron chi connectivity index (χ4n) is 4.65. The minimum atomic E-state index is -0.193. The fourth-order valence-corrected chi connectivity index (χ4v) is 5.55. The smallest absolute Gasteiger partial charge is 0.261 e. The van der Waals surface area contributed by atoms with Crippen LogP contribution >= 0.6 is 11.3 Å². The summed E-state index contributed by atoms with van der Waals surface area (Å²) in [5.41, 5.74) is 3.62. The minimum Gasteiger partial charge on any atom is -0.484 e. The van der Waals surface area contributed by atoms with Crippen molar-refractivity contribution in [1.29, 1.82) is 0 Å². The lowest BCUT2D eigenvalue weighted by molar-refractivity contribution is -0.144. The summed E-state index contributed by atoms with van der Waals surface area (Å²) in [6.45, 7) is 11.1. The van der Waals surface area contributed by atoms with Gasteiger partial charge in [0.15, 0.2) is 6.61 Å². The molecule has 0 bridgehead atoms. The zero-order valence-electron chi connectivity index (χ0n) is 21.9. The van der Waals surface area contributed by atoms with Crippen molar-refractivity contribution in [3.8, 4) is 5.75 Å². The highest BCUT2D eigenvalue weighted by Gasteiger charge is 2.34. The largest absolute Gasteiger partial charge is 0.484 e. The van der Waals surface area contributed by atoms with E-state index in [0.29, 0.717) is 12.3 Å². The van der Waals surface area contributed by atoms with Crippen molar-refractivity contribution in [2.24, 2.45) is 0 Å². The van der Waals surface area contributed by atoms with Gasteiger partial charge in [-0.2, -0.15) is 0 Å². The topological polar surface area (TPSA) is 49.9 Å². The molecule has 0 fully saturated rings. The first-order chi connectivity index (χ1) is 17.1. The summed E-state index contributed by atoms with van der Waals surface area (Å²) in [5, 5.41) is 2.11. The molecule has 1 aliphatic heterocycles. The van der Waals surface area contributed by atoms with Crippen molar-refractivity contribution in [3.63, 3.8) is 0 Å². The van der Waals surface area contributed by atoms with Crippen molar-refractivity contribution in [2.75, 3.05) is 19.7 Å². The maximum absolute atomic E-state index is 13.7. The normalized spacial score (nSPS) is 15.5. The monoisotopic (exact) mass is 504 g/mol. The average Bonchev–Trinajstić information content (AvgIpc) is 3.34. The summed E-state index contributed by atoms with van der Waals surface area (Å²) in [6.07, 6.45) is 0.835. The molecule has 1 aliphatic rings. The van der Waals surface area contributed by atoms with E-state index in [9.17, 15) is 9.59 Å². The van der Waals surface area contributed by atoms with Crippen LogP contribution in [0.2, 0.25) is 0 Å². The quantitative estimate of drug-likeness (QED) is 0.406. The summed E-state index contributed by atoms with van der Waals surface area (Å²) < 4.78 is 5.68. The number of carbonyl (C=O) groups is 2. The molecule has 4 rings (SSSR count). The van der Waals surface area contributed by atoms with E-state index in [4.69, 9.17) is 4.74 Å². The van der Waals surface area contributed by atoms with Crippen molar-refractivity contribution in [3.05, 3.63) is 87.6 Å². The fraction of sp³-hybridized carbons (Fsp3) is 0.400. The lowest BCUT2D eigenvalue weighted by atomic mass is 9.85. The molecule has 1 aromatic heterocycles. The van der Waals surface area contributed by atoms with E-state index in [0.717, 1.165) is 12.0 Å². The molecule has 0 saturated carbocycles. The van der Waals surface area contributed by atoms with Crippen LogP contribution in [0.4, 0.5) is 0 Å². The molecule has 0 N–H and O–H groups in total. The molecule has 5 nitrogen and oxygen atoms in total. The first kappa shape index (κ1) is 26.0. The number of ether oxygens (including phenoxy) is 1. The summed E-state index contributed by atoms with van der Waals surface area (Å²) >= 11 is 1.75. The maximum atomic E-state index is 13.7. The number of hydrogen-bond acceptors (Lipinski definition) is 4. The third-order valence-corrected chi connectivity index (χ3v) is 7.73. The second kappa shape index (κ2) is 10.9. The standard InChI is InChI=1S/C30H36N2O3S/c1-21(2)32(28(34)20-35-24-9-7-6-8-10-24)19-27(33)31-17-15-26-25(16-18-36-26)29(31)22-11-13-23(14-12-22)30(3,4)5/h6-14,16,18,21,29H,15,17,19-20H2,1-5H3. The van der Waals surface area contributed by atoms with Gasteiger partial charge in [0.05, 0.1) is 6.04 Å². The van der Waals surface area contributed by atoms with Gasteiger partial charge in [-0.15, -0.1) is 11.3 Å². The molecule has 0 aliphatic carbocycles. The lowest BCUT2D eigenvalue weighted by Gasteiger charge is -2.38. The van der Waals surface area contributed by atoms with Crippen LogP contribution in [-0.4, -0.2) is 47.4 Å². The van der Waals surface area contributed by atoms with Crippen LogP contribution in [-0.2, 0) is 21.4 Å². The number of hydrogen-bond donors (Lipinski definition) is 0. The Morgan fingerprint density at radius 2 is 1.75 bits per heavy atom. The summed E-state index contributed by atoms with van der Waals surface area (Å²) in [4.78, 5) is 31.7. The number of fused-ring (bicyclic) bond motifs is 1. The zero-order chi connectivity index (χ0) is 25.9. The molecule has 36 heavy (non-hydrogen) atoms. The Morgan fingerprint density at radius 3 is 2.39 bits per heavy atom. The maximum Gasteiger partial charge on any atom is 0.261 e. The Hall–Kier alpha value is -3.12. The Labute approximate surface area is 218 Å². The van der Waals surface area contributed by atoms with Gasteiger partial charge in [0, 0.05) is 17.5 Å². The van der Waals surface area contributed by atoms with E-state index in [-0.39, 0.29) is 42.5 Å². The minimum absolute atomic E-state index is 0.0324. The number of nitrogens with zero attached hydrogens (tertiary/aromatic N) is 2. The number of thiophene rings is 1. The summed E-state index contributed by atoms with van der Waals surface area (Å²) in [5.74, 6) is 0.403. The molecular formula is C30H36N2O3S. The Bertz CT molecular complexity index is 1180. The molecular weight excluding hydrogens is 468 g/mol. The van der Waals surface area contributed by atoms with Gasteiger partial charge < -0.3 is 14.5 Å². The van der Waals surface area contributed by atoms with Crippen LogP contribution in [0.5, 0.6) is 5.75 Å². The molecule has 2 aromatic carbocycles. The SMILES string of the molecule is CC(C)N(CC(=O)N1CCc2sccc2C1c1ccc(C(C)(C)C)cc1)C(=O)COc1ccccc1. The molecule has 1 atom stereocenters. The third kappa shape index (κ3) is 5.81. The van der Waals surface area contributed by atoms with Crippen LogP contribution in [0, 0.1) is 0 Å². The van der Waals surface area contributed by atoms with Crippen LogP contribution in [0.1, 0.15) is 62.2 Å². The Morgan fingerprint density at radius 1 is 1.06 bits per heavy atom. The average molecular weight is 505 g/mol. The second-order valence-electron chi connectivity index (χ2n) is 10.6. The molecule has 6 heteroatoms. The van der Waals surface area contributed by atoms with Gasteiger partial charge in [0.2, 0.25) is 5.91 Å². The predicted molar refractivity (Wildman–Crippen MR) is 146 cm³/mol. The first-order valence-electron chi connectivity index (χ1n) is 12.6. The van der Waals surface area contributed by atoms with Gasteiger partial charge in [-0.1, -0.05) is 63.2 Å². The van der Waals surface area contributed by atoms with Crippen molar-refractivity contribution < 1.29 is 14.3 Å². The molecule has 2 heterocycles. The predicted octanol–water partition coefficient (Wildman–Crippen LogP) is 5.84. The van der Waals surface area contributed by atoms with Gasteiger partial charge in [0.25, 0.3) is 5.91 Å². The number of para-hydroxylation sites is 1. The van der Waals surface area contributed by atoms with E-state index in [2.05, 4.69) is 56.5 Å². The van der Waals surface area contributed by atoms with E-state index >= 15 is 0 Å². The Kier molecular flexibility index (Phi) is 7.84. The molecule has 0 spiro atoms. The van der Waals surface area contributed by atoms with Crippen LogP contribution in [0.25, 0.3) is 0 Å². The van der Waals surface area contributed by atoms with E-state index in [1.54, 1.807) is 16.2 Å². The molecule has 3 aromatic rings. The van der Waals surface area contributed by atoms with E-state index in [1.807, 2.05) is 49.1 Å². The van der Waals surface area contributed by atoms with E-state index < -0.39 is 0 Å². The zero-order valence-corrected chi connectivity index (χ0v) is 22.7. The molecule has 1 unspecified atom stereocenters. The molecule has 2 amide bonds. The van der Waals surface area contributed by atoms with Crippen molar-refractivity contribution in [2.45, 2.75) is 58.5 Å². The Balaban J connectivity index is 1.54. The van der Waals surface area contributed by atoms with E-state index in [1.165, 1.54) is 16.0 Å². The highest BCUT2D eigenvalue weighted by atomic mass is 32.1. The number of benzene rings is 2. The second-order valence-corrected chi connectivity index (χ2v) is 11.6. The number of amides is 2. The van der Waals surface area contributed by atoms with Gasteiger partial charge in [-0.3, -0.25) is 9.59 Å². The first-order valence-corrected chi connectivity index (χ1v) is 13.5. The molecule has 0 radical (unpaired) electrons. The lowest BCUT2D eigenvalue weighted by Crippen LogP contribution is -2.49. The molecule has 0 saturated heterocycles. The van der Waals surface area contributed by atoms with Gasteiger partial charge >= 0.3 is 0 Å². The summed E-state index contributed by atoms with van der Waals surface area (Å²) in [7, 11) is 0. The van der Waals surface area contributed by atoms with Gasteiger partial charge in [-0.05, 0) is 66.0 Å². The van der Waals surface area contributed by atoms with Crippen molar-refractivity contribution in [1.82, 2.24) is 9.80 Å². The van der Waals surface area contributed by atoms with Gasteiger partial charge in [0.1, 0.15) is 12.3 Å². The summed E-state index contributed by atoms with van der Waals surface area (Å²) in [6, 6.07) is 19.8.